The van der Waals surface area contributed by atoms with E-state index in [2.05, 4.69) is 20.6 Å². The van der Waals surface area contributed by atoms with Crippen molar-refractivity contribution in [1.82, 2.24) is 39.9 Å². The smallest absolute Gasteiger partial charge is 0.411 e. The van der Waals surface area contributed by atoms with Crippen molar-refractivity contribution in [3.8, 4) is 11.4 Å². The zero-order valence-electron chi connectivity index (χ0n) is 33.9. The molecule has 1 aromatic heterocycles. The molecular weight excluding hydrogens is 767 g/mol. The fraction of sp³-hybridized carbons (Fsp3) is 0.439. The fourth-order valence-electron chi connectivity index (χ4n) is 7.89. The summed E-state index contributed by atoms with van der Waals surface area (Å²) in [4.78, 5) is 46.4. The van der Waals surface area contributed by atoms with Gasteiger partial charge in [0.1, 0.15) is 54.0 Å². The van der Waals surface area contributed by atoms with E-state index < -0.39 is 47.0 Å². The molecule has 0 aliphatic carbocycles. The van der Waals surface area contributed by atoms with Crippen LogP contribution >= 0.6 is 0 Å². The second kappa shape index (κ2) is 16.2. The van der Waals surface area contributed by atoms with Crippen LogP contribution in [0.25, 0.3) is 5.69 Å². The predicted octanol–water partition coefficient (Wildman–Crippen LogP) is 5.10. The van der Waals surface area contributed by atoms with Gasteiger partial charge in [-0.05, 0) is 112 Å². The van der Waals surface area contributed by atoms with Crippen LogP contribution in [0.5, 0.6) is 5.75 Å². The number of hydrogen-bond donors (Lipinski definition) is 1. The van der Waals surface area contributed by atoms with Gasteiger partial charge in [-0.2, -0.15) is 5.10 Å². The van der Waals surface area contributed by atoms with Crippen LogP contribution in [0, 0.1) is 25.5 Å². The Hall–Kier alpha value is -6.17. The average molecular weight is 815 g/mol. The van der Waals surface area contributed by atoms with Gasteiger partial charge in [-0.3, -0.25) is 14.8 Å². The number of β-amino-alcohol motifs (C(OH)–C–C–N with tert-alkyl or cyclic N) is 1. The summed E-state index contributed by atoms with van der Waals surface area (Å²) >= 11 is 0. The van der Waals surface area contributed by atoms with Crippen LogP contribution in [-0.2, 0) is 21.7 Å². The highest BCUT2D eigenvalue weighted by Gasteiger charge is 2.47. The number of urea groups is 1. The molecule has 59 heavy (non-hydrogen) atoms. The number of carbonyl (C=O) groups is 3. The third kappa shape index (κ3) is 8.67. The minimum absolute atomic E-state index is 0.166. The number of benzene rings is 3. The van der Waals surface area contributed by atoms with Crippen molar-refractivity contribution >= 4 is 30.1 Å². The number of nitrogens with zero attached hydrogens (tertiary/aromatic N) is 10. The minimum atomic E-state index is -2.02. The molecule has 0 bridgehead atoms. The lowest BCUT2D eigenvalue weighted by Gasteiger charge is -2.41. The van der Waals surface area contributed by atoms with E-state index in [0.29, 0.717) is 55.7 Å². The summed E-state index contributed by atoms with van der Waals surface area (Å²) in [5.74, 6) is -1.84. The van der Waals surface area contributed by atoms with Crippen LogP contribution in [0.2, 0.25) is 0 Å². The van der Waals surface area contributed by atoms with E-state index in [9.17, 15) is 23.9 Å². The van der Waals surface area contributed by atoms with E-state index in [0.717, 1.165) is 22.8 Å². The Kier molecular flexibility index (Phi) is 11.3. The van der Waals surface area contributed by atoms with Crippen molar-refractivity contribution < 1.29 is 37.7 Å². The monoisotopic (exact) mass is 814 g/mol. The lowest BCUT2D eigenvalue weighted by Crippen LogP contribution is -2.55. The fourth-order valence-corrected chi connectivity index (χ4v) is 7.89. The SMILES string of the molecule is Cc1cc(CN2C=NN(C[C@](O)(c3ccc(F)cc3F)[C@@H](C)N3CCN(c4ccc(-n5cnnn5)cc4)C3=O)C2)cc(C)c1OC(=O)[C@@H]1CCCN1C(=O)OC(C)(C)C. The number of anilines is 1. The summed E-state index contributed by atoms with van der Waals surface area (Å²) < 4.78 is 42.6. The van der Waals surface area contributed by atoms with Gasteiger partial charge < -0.3 is 24.4 Å². The van der Waals surface area contributed by atoms with Crippen molar-refractivity contribution in [3.63, 3.8) is 0 Å². The molecular formula is C41H48F2N10O6. The summed E-state index contributed by atoms with van der Waals surface area (Å²) in [6.07, 6.45) is 3.66. The Balaban J connectivity index is 1.02. The van der Waals surface area contributed by atoms with Crippen LogP contribution in [0.15, 0.2) is 66.0 Å². The number of tetrazole rings is 1. The van der Waals surface area contributed by atoms with E-state index in [1.54, 1.807) is 68.2 Å². The number of halogens is 2. The minimum Gasteiger partial charge on any atom is -0.444 e. The second-order valence-electron chi connectivity index (χ2n) is 16.2. The van der Waals surface area contributed by atoms with Crippen molar-refractivity contribution in [3.05, 3.63) is 94.8 Å². The molecule has 3 atom stereocenters. The van der Waals surface area contributed by atoms with E-state index in [-0.39, 0.29) is 31.4 Å². The Morgan fingerprint density at radius 2 is 1.69 bits per heavy atom. The largest absolute Gasteiger partial charge is 0.444 e. The highest BCUT2D eigenvalue weighted by Crippen LogP contribution is 2.36. The van der Waals surface area contributed by atoms with Crippen molar-refractivity contribution in [1.29, 1.82) is 0 Å². The molecule has 16 nitrogen and oxygen atoms in total. The number of carbonyl (C=O) groups excluding carboxylic acids is 3. The molecule has 0 unspecified atom stereocenters. The number of aryl methyl sites for hydroxylation is 2. The first-order chi connectivity index (χ1) is 28.0. The molecule has 7 rings (SSSR count). The van der Waals surface area contributed by atoms with Gasteiger partial charge in [0.25, 0.3) is 0 Å². The highest BCUT2D eigenvalue weighted by atomic mass is 19.1. The van der Waals surface area contributed by atoms with Crippen LogP contribution in [0.1, 0.15) is 62.8 Å². The van der Waals surface area contributed by atoms with Crippen molar-refractivity contribution in [2.24, 2.45) is 5.10 Å². The number of hydrazone groups is 1. The molecule has 2 fully saturated rings. The summed E-state index contributed by atoms with van der Waals surface area (Å²) in [6.45, 7) is 12.0. The first-order valence-electron chi connectivity index (χ1n) is 19.4. The molecule has 1 N–H and O–H groups in total. The third-order valence-corrected chi connectivity index (χ3v) is 10.8. The average Bonchev–Trinajstić information content (AvgIpc) is 4.01. The summed E-state index contributed by atoms with van der Waals surface area (Å²) in [5.41, 5.74) is 0.794. The molecule has 312 valence electrons. The number of ether oxygens (including phenoxy) is 2. The van der Waals surface area contributed by atoms with Gasteiger partial charge in [-0.15, -0.1) is 5.10 Å². The zero-order chi connectivity index (χ0) is 42.2. The lowest BCUT2D eigenvalue weighted by molar-refractivity contribution is -0.139. The summed E-state index contributed by atoms with van der Waals surface area (Å²) in [5, 5.41) is 29.8. The lowest BCUT2D eigenvalue weighted by atomic mass is 9.85. The van der Waals surface area contributed by atoms with Gasteiger partial charge in [-0.1, -0.05) is 18.2 Å². The molecule has 18 heteroatoms. The number of rotatable bonds is 11. The number of amides is 3. The normalized spacial score (nSPS) is 18.5. The predicted molar refractivity (Wildman–Crippen MR) is 211 cm³/mol. The van der Waals surface area contributed by atoms with Crippen LogP contribution in [-0.4, -0.2) is 120 Å². The van der Waals surface area contributed by atoms with Crippen LogP contribution in [0.3, 0.4) is 0 Å². The Labute approximate surface area is 340 Å². The maximum Gasteiger partial charge on any atom is 0.411 e. The molecule has 3 amide bonds. The standard InChI is InChI=1S/C41H48F2N10O6/c1-26-18-29(19-27(2)36(26)58-37(54)35-8-7-15-52(35)39(56)59-40(4,5)6)21-48-24-45-49(25-48)22-41(57,33-14-9-30(42)20-34(33)43)28(3)50-16-17-51(38(50)55)31-10-12-32(13-11-31)53-23-44-46-47-53/h9-14,18-20,23-24,28,35,57H,7-8,15-17,21-22,25H2,1-6H3/t28-,35+,41-/m1/s1. The van der Waals surface area contributed by atoms with Gasteiger partial charge in [0, 0.05) is 43.5 Å². The van der Waals surface area contributed by atoms with Gasteiger partial charge in [-0.25, -0.2) is 27.8 Å². The molecule has 4 heterocycles. The number of aromatic nitrogens is 4. The first kappa shape index (κ1) is 41.0. The van der Waals surface area contributed by atoms with Gasteiger partial charge >= 0.3 is 18.1 Å². The van der Waals surface area contributed by atoms with E-state index >= 15 is 4.39 Å². The topological polar surface area (TPSA) is 162 Å². The molecule has 3 aliphatic rings. The van der Waals surface area contributed by atoms with Gasteiger partial charge in [0.05, 0.1) is 18.3 Å². The molecule has 3 aliphatic heterocycles. The summed E-state index contributed by atoms with van der Waals surface area (Å²) in [6, 6.07) is 11.8. The highest BCUT2D eigenvalue weighted by molar-refractivity contribution is 5.94. The molecule has 0 spiro atoms. The zero-order valence-corrected chi connectivity index (χ0v) is 33.9. The number of aliphatic hydroxyl groups is 1. The quantitative estimate of drug-likeness (QED) is 0.159. The number of hydrogen-bond acceptors (Lipinski definition) is 12. The third-order valence-electron chi connectivity index (χ3n) is 10.8. The second-order valence-corrected chi connectivity index (χ2v) is 16.2. The maximum absolute atomic E-state index is 15.6. The maximum atomic E-state index is 15.6. The molecule has 0 saturated carbocycles. The molecule has 3 aromatic carbocycles. The van der Waals surface area contributed by atoms with Crippen molar-refractivity contribution in [2.45, 2.75) is 84.2 Å². The van der Waals surface area contributed by atoms with Crippen molar-refractivity contribution in [2.75, 3.05) is 37.7 Å². The van der Waals surface area contributed by atoms with E-state index in [1.807, 2.05) is 30.9 Å². The van der Waals surface area contributed by atoms with E-state index in [4.69, 9.17) is 9.47 Å². The number of esters is 1. The molecule has 0 radical (unpaired) electrons. The number of likely N-dealkylation sites (tertiary alicyclic amines) is 1. The summed E-state index contributed by atoms with van der Waals surface area (Å²) in [7, 11) is 0. The van der Waals surface area contributed by atoms with E-state index in [1.165, 1.54) is 26.9 Å². The van der Waals surface area contributed by atoms with Crippen LogP contribution < -0.4 is 9.64 Å². The Bertz CT molecular complexity index is 2210. The Morgan fingerprint density at radius 1 is 0.983 bits per heavy atom. The van der Waals surface area contributed by atoms with Gasteiger partial charge in [0.2, 0.25) is 0 Å². The molecule has 4 aromatic rings. The first-order valence-corrected chi connectivity index (χ1v) is 19.4. The van der Waals surface area contributed by atoms with Gasteiger partial charge in [0.15, 0.2) is 0 Å². The Morgan fingerprint density at radius 3 is 2.36 bits per heavy atom. The van der Waals surface area contributed by atoms with Crippen LogP contribution in [0.4, 0.5) is 24.1 Å². The molecule has 2 saturated heterocycles.